The zero-order valence-corrected chi connectivity index (χ0v) is 12.9. The molecule has 1 aromatic carbocycles. The van der Waals surface area contributed by atoms with Crippen molar-refractivity contribution in [3.63, 3.8) is 0 Å². The molecule has 5 heteroatoms. The van der Waals surface area contributed by atoms with Gasteiger partial charge in [-0.2, -0.15) is 0 Å². The van der Waals surface area contributed by atoms with Crippen molar-refractivity contribution in [2.75, 3.05) is 25.0 Å². The average molecular weight is 328 g/mol. The molecule has 1 fully saturated rings. The Bertz CT molecular complexity index is 443. The highest BCUT2D eigenvalue weighted by Gasteiger charge is 2.27. The SMILES string of the molecule is C[C@@H]1C[NH+](CC(=O)Nc2ccccc2Br)C[C@@H](C)O1. The van der Waals surface area contributed by atoms with Gasteiger partial charge in [0.05, 0.1) is 5.69 Å². The van der Waals surface area contributed by atoms with Crippen molar-refractivity contribution >= 4 is 27.5 Å². The lowest BCUT2D eigenvalue weighted by atomic mass is 10.2. The number of rotatable bonds is 3. The van der Waals surface area contributed by atoms with Crippen LogP contribution in [0.2, 0.25) is 0 Å². The summed E-state index contributed by atoms with van der Waals surface area (Å²) in [6.45, 7) is 6.36. The second-order valence-corrected chi connectivity index (χ2v) is 5.97. The molecule has 1 aliphatic rings. The van der Waals surface area contributed by atoms with Crippen molar-refractivity contribution in [2.45, 2.75) is 26.1 Å². The van der Waals surface area contributed by atoms with E-state index >= 15 is 0 Å². The predicted octanol–water partition coefficient (Wildman–Crippen LogP) is 1.08. The number of anilines is 1. The molecule has 0 unspecified atom stereocenters. The maximum absolute atomic E-state index is 12.1. The summed E-state index contributed by atoms with van der Waals surface area (Å²) < 4.78 is 6.58. The number of quaternary nitrogens is 1. The Morgan fingerprint density at radius 3 is 2.63 bits per heavy atom. The van der Waals surface area contributed by atoms with Crippen molar-refractivity contribution in [3.8, 4) is 0 Å². The van der Waals surface area contributed by atoms with Gasteiger partial charge in [-0.3, -0.25) is 4.79 Å². The van der Waals surface area contributed by atoms with Crippen molar-refractivity contribution in [2.24, 2.45) is 0 Å². The van der Waals surface area contributed by atoms with Crippen LogP contribution in [0.3, 0.4) is 0 Å². The van der Waals surface area contributed by atoms with E-state index < -0.39 is 0 Å². The first-order valence-electron chi connectivity index (χ1n) is 6.58. The molecule has 0 spiro atoms. The minimum absolute atomic E-state index is 0.0446. The molecule has 1 amide bonds. The number of amides is 1. The fourth-order valence-corrected chi connectivity index (χ4v) is 2.90. The lowest BCUT2D eigenvalue weighted by molar-refractivity contribution is -0.907. The largest absolute Gasteiger partial charge is 0.364 e. The summed E-state index contributed by atoms with van der Waals surface area (Å²) in [5, 5.41) is 2.94. The lowest BCUT2D eigenvalue weighted by Crippen LogP contribution is -3.16. The van der Waals surface area contributed by atoms with Gasteiger partial charge in [0.25, 0.3) is 5.91 Å². The molecule has 2 atom stereocenters. The topological polar surface area (TPSA) is 42.8 Å². The van der Waals surface area contributed by atoms with Crippen LogP contribution >= 0.6 is 15.9 Å². The van der Waals surface area contributed by atoms with Crippen molar-refractivity contribution < 1.29 is 14.4 Å². The van der Waals surface area contributed by atoms with Crippen molar-refractivity contribution in [3.05, 3.63) is 28.7 Å². The van der Waals surface area contributed by atoms with Gasteiger partial charge in [-0.1, -0.05) is 12.1 Å². The Hall–Kier alpha value is -0.910. The fourth-order valence-electron chi connectivity index (χ4n) is 2.52. The quantitative estimate of drug-likeness (QED) is 0.872. The van der Waals surface area contributed by atoms with Gasteiger partial charge >= 0.3 is 0 Å². The molecular weight excluding hydrogens is 308 g/mol. The molecule has 1 saturated heterocycles. The van der Waals surface area contributed by atoms with E-state index in [1.807, 2.05) is 24.3 Å². The highest BCUT2D eigenvalue weighted by molar-refractivity contribution is 9.10. The Labute approximate surface area is 122 Å². The van der Waals surface area contributed by atoms with E-state index in [1.54, 1.807) is 0 Å². The molecule has 1 aromatic rings. The molecule has 2 rings (SSSR count). The van der Waals surface area contributed by atoms with Crippen molar-refractivity contribution in [1.29, 1.82) is 0 Å². The molecule has 4 nitrogen and oxygen atoms in total. The smallest absolute Gasteiger partial charge is 0.279 e. The first-order chi connectivity index (χ1) is 9.04. The first-order valence-corrected chi connectivity index (χ1v) is 7.37. The van der Waals surface area contributed by atoms with Crippen LogP contribution < -0.4 is 10.2 Å². The monoisotopic (exact) mass is 327 g/mol. The van der Waals surface area contributed by atoms with Crippen LogP contribution in [0, 0.1) is 0 Å². The van der Waals surface area contributed by atoms with E-state index in [2.05, 4.69) is 35.1 Å². The minimum atomic E-state index is 0.0446. The molecule has 0 aromatic heterocycles. The Balaban J connectivity index is 1.89. The van der Waals surface area contributed by atoms with E-state index in [-0.39, 0.29) is 18.1 Å². The molecule has 0 bridgehead atoms. The first kappa shape index (κ1) is 14.5. The molecule has 19 heavy (non-hydrogen) atoms. The molecule has 1 heterocycles. The second-order valence-electron chi connectivity index (χ2n) is 5.12. The van der Waals surface area contributed by atoms with Gasteiger partial charge in [-0.05, 0) is 41.9 Å². The standard InChI is InChI=1S/C14H19BrN2O2/c1-10-7-17(8-11(2)19-10)9-14(18)16-13-6-4-3-5-12(13)15/h3-6,10-11H,7-9H2,1-2H3,(H,16,18)/p+1/t10-,11-/m1/s1. The third-order valence-electron chi connectivity index (χ3n) is 3.18. The summed E-state index contributed by atoms with van der Waals surface area (Å²) in [7, 11) is 0. The maximum Gasteiger partial charge on any atom is 0.279 e. The van der Waals surface area contributed by atoms with E-state index in [9.17, 15) is 4.79 Å². The number of hydrogen-bond acceptors (Lipinski definition) is 2. The van der Waals surface area contributed by atoms with Gasteiger partial charge in [0.2, 0.25) is 0 Å². The second kappa shape index (κ2) is 6.50. The van der Waals surface area contributed by atoms with Crippen LogP contribution in [0.1, 0.15) is 13.8 Å². The van der Waals surface area contributed by atoms with Gasteiger partial charge in [0.15, 0.2) is 6.54 Å². The highest BCUT2D eigenvalue weighted by Crippen LogP contribution is 2.20. The van der Waals surface area contributed by atoms with Crippen LogP contribution in [0.4, 0.5) is 5.69 Å². The minimum Gasteiger partial charge on any atom is -0.364 e. The number of morpholine rings is 1. The summed E-state index contributed by atoms with van der Waals surface area (Å²) in [5.74, 6) is 0.0446. The highest BCUT2D eigenvalue weighted by atomic mass is 79.9. The van der Waals surface area contributed by atoms with Crippen LogP contribution in [0.5, 0.6) is 0 Å². The van der Waals surface area contributed by atoms with Crippen LogP contribution in [-0.4, -0.2) is 37.7 Å². The van der Waals surface area contributed by atoms with E-state index in [4.69, 9.17) is 4.74 Å². The van der Waals surface area contributed by atoms with Crippen LogP contribution in [-0.2, 0) is 9.53 Å². The third kappa shape index (κ3) is 4.30. The number of carbonyl (C=O) groups is 1. The molecule has 104 valence electrons. The number of para-hydroxylation sites is 1. The molecule has 2 N–H and O–H groups in total. The van der Waals surface area contributed by atoms with E-state index in [1.165, 1.54) is 4.90 Å². The molecule has 0 saturated carbocycles. The summed E-state index contributed by atoms with van der Waals surface area (Å²) in [6, 6.07) is 7.64. The van der Waals surface area contributed by atoms with Crippen LogP contribution in [0.25, 0.3) is 0 Å². The predicted molar refractivity (Wildman–Crippen MR) is 78.3 cm³/mol. The van der Waals surface area contributed by atoms with Gasteiger partial charge in [0.1, 0.15) is 25.3 Å². The van der Waals surface area contributed by atoms with Gasteiger partial charge in [-0.15, -0.1) is 0 Å². The van der Waals surface area contributed by atoms with Crippen molar-refractivity contribution in [1.82, 2.24) is 0 Å². The van der Waals surface area contributed by atoms with E-state index in [0.29, 0.717) is 6.54 Å². The number of ether oxygens (including phenoxy) is 1. The summed E-state index contributed by atoms with van der Waals surface area (Å²) >= 11 is 3.43. The number of halogens is 1. The number of nitrogens with one attached hydrogen (secondary N) is 2. The zero-order valence-electron chi connectivity index (χ0n) is 11.3. The Morgan fingerprint density at radius 1 is 1.37 bits per heavy atom. The number of hydrogen-bond donors (Lipinski definition) is 2. The summed E-state index contributed by atoms with van der Waals surface area (Å²) in [5.41, 5.74) is 0.821. The molecular formula is C14H20BrN2O2+. The number of carbonyl (C=O) groups excluding carboxylic acids is 1. The molecule has 0 radical (unpaired) electrons. The fraction of sp³-hybridized carbons (Fsp3) is 0.500. The van der Waals surface area contributed by atoms with Gasteiger partial charge in [0, 0.05) is 4.47 Å². The molecule has 0 aliphatic carbocycles. The Morgan fingerprint density at radius 2 is 2.00 bits per heavy atom. The molecule has 1 aliphatic heterocycles. The van der Waals surface area contributed by atoms with Crippen LogP contribution in [0.15, 0.2) is 28.7 Å². The van der Waals surface area contributed by atoms with E-state index in [0.717, 1.165) is 23.2 Å². The third-order valence-corrected chi connectivity index (χ3v) is 3.87. The summed E-state index contributed by atoms with van der Waals surface area (Å²) in [6.07, 6.45) is 0.435. The normalized spacial score (nSPS) is 27.0. The summed E-state index contributed by atoms with van der Waals surface area (Å²) in [4.78, 5) is 13.3. The van der Waals surface area contributed by atoms with Gasteiger partial charge in [-0.25, -0.2) is 0 Å². The zero-order chi connectivity index (χ0) is 13.8. The maximum atomic E-state index is 12.1. The number of benzene rings is 1. The van der Waals surface area contributed by atoms with Gasteiger partial charge < -0.3 is 15.0 Å². The Kier molecular flexibility index (Phi) is 4.96. The lowest BCUT2D eigenvalue weighted by Gasteiger charge is -2.31. The average Bonchev–Trinajstić information content (AvgIpc) is 2.30.